The minimum atomic E-state index is 0.0328. The molecule has 0 bridgehead atoms. The topological polar surface area (TPSA) is 99.0 Å². The summed E-state index contributed by atoms with van der Waals surface area (Å²) in [6.07, 6.45) is 5.20. The standard InChI is InChI=1S/C19H21N5O2/c1-24-11-13-10-12(2-3-16(13)23-24)18(21)17-15(20)4-7-22-19(17)26-14-5-8-25-9-6-14/h2-4,7,10-11,14,21H,5-6,8-9H2,1H3,(H2,20,22). The van der Waals surface area contributed by atoms with Crippen molar-refractivity contribution < 1.29 is 9.47 Å². The Morgan fingerprint density at radius 3 is 2.92 bits per heavy atom. The normalized spacial score (nSPS) is 15.3. The van der Waals surface area contributed by atoms with E-state index in [-0.39, 0.29) is 6.10 Å². The van der Waals surface area contributed by atoms with Gasteiger partial charge in [0.1, 0.15) is 6.10 Å². The van der Waals surface area contributed by atoms with E-state index in [2.05, 4.69) is 10.1 Å². The number of hydrogen-bond acceptors (Lipinski definition) is 6. The van der Waals surface area contributed by atoms with Gasteiger partial charge in [0.15, 0.2) is 0 Å². The molecule has 4 rings (SSSR count). The first kappa shape index (κ1) is 16.5. The first-order chi connectivity index (χ1) is 12.6. The minimum Gasteiger partial charge on any atom is -0.474 e. The summed E-state index contributed by atoms with van der Waals surface area (Å²) >= 11 is 0. The first-order valence-corrected chi connectivity index (χ1v) is 8.63. The lowest BCUT2D eigenvalue weighted by Crippen LogP contribution is -2.27. The number of nitrogens with one attached hydrogen (secondary N) is 1. The minimum absolute atomic E-state index is 0.0328. The lowest BCUT2D eigenvalue weighted by Gasteiger charge is -2.24. The fourth-order valence-electron chi connectivity index (χ4n) is 3.20. The van der Waals surface area contributed by atoms with E-state index >= 15 is 0 Å². The van der Waals surface area contributed by atoms with Crippen molar-refractivity contribution in [3.05, 3.63) is 47.8 Å². The molecule has 0 amide bonds. The Labute approximate surface area is 151 Å². The number of nitrogens with zero attached hydrogens (tertiary/aromatic N) is 3. The molecule has 1 aromatic carbocycles. The van der Waals surface area contributed by atoms with Crippen LogP contribution >= 0.6 is 0 Å². The molecule has 0 unspecified atom stereocenters. The molecule has 3 heterocycles. The van der Waals surface area contributed by atoms with Crippen molar-refractivity contribution in [2.24, 2.45) is 7.05 Å². The molecule has 3 aromatic rings. The molecule has 2 aromatic heterocycles. The lowest BCUT2D eigenvalue weighted by atomic mass is 10.0. The molecule has 3 N–H and O–H groups in total. The number of ether oxygens (including phenoxy) is 2. The highest BCUT2D eigenvalue weighted by Gasteiger charge is 2.21. The maximum Gasteiger partial charge on any atom is 0.225 e. The van der Waals surface area contributed by atoms with Gasteiger partial charge in [-0.2, -0.15) is 5.10 Å². The maximum absolute atomic E-state index is 8.70. The number of aromatic nitrogens is 3. The Bertz CT molecular complexity index is 960. The number of benzene rings is 1. The number of nitrogen functional groups attached to an aromatic ring is 1. The number of rotatable bonds is 4. The van der Waals surface area contributed by atoms with Crippen LogP contribution in [-0.4, -0.2) is 39.8 Å². The Morgan fingerprint density at radius 2 is 2.12 bits per heavy atom. The zero-order valence-corrected chi connectivity index (χ0v) is 14.6. The van der Waals surface area contributed by atoms with Gasteiger partial charge in [-0.3, -0.25) is 10.1 Å². The van der Waals surface area contributed by atoms with E-state index in [1.807, 2.05) is 31.4 Å². The molecule has 1 saturated heterocycles. The summed E-state index contributed by atoms with van der Waals surface area (Å²) in [5, 5.41) is 14.0. The van der Waals surface area contributed by atoms with Gasteiger partial charge in [-0.15, -0.1) is 0 Å². The van der Waals surface area contributed by atoms with E-state index in [1.165, 1.54) is 0 Å². The monoisotopic (exact) mass is 351 g/mol. The van der Waals surface area contributed by atoms with Crippen molar-refractivity contribution >= 4 is 22.3 Å². The third-order valence-electron chi connectivity index (χ3n) is 4.55. The van der Waals surface area contributed by atoms with E-state index in [4.69, 9.17) is 20.6 Å². The number of nitrogens with two attached hydrogens (primary N) is 1. The zero-order valence-electron chi connectivity index (χ0n) is 14.6. The number of aryl methyl sites for hydroxylation is 1. The Balaban J connectivity index is 1.69. The molecule has 0 atom stereocenters. The molecule has 7 nitrogen and oxygen atoms in total. The van der Waals surface area contributed by atoms with Gasteiger partial charge in [0.05, 0.1) is 30.0 Å². The first-order valence-electron chi connectivity index (χ1n) is 8.63. The van der Waals surface area contributed by atoms with E-state index in [9.17, 15) is 0 Å². The van der Waals surface area contributed by atoms with Crippen molar-refractivity contribution in [2.75, 3.05) is 18.9 Å². The third kappa shape index (κ3) is 3.13. The van der Waals surface area contributed by atoms with Crippen LogP contribution in [0.15, 0.2) is 36.7 Å². The largest absolute Gasteiger partial charge is 0.474 e. The van der Waals surface area contributed by atoms with Gasteiger partial charge < -0.3 is 15.2 Å². The fourth-order valence-corrected chi connectivity index (χ4v) is 3.20. The predicted molar refractivity (Wildman–Crippen MR) is 99.8 cm³/mol. The molecular weight excluding hydrogens is 330 g/mol. The molecule has 1 aliphatic heterocycles. The predicted octanol–water partition coefficient (Wildman–Crippen LogP) is 2.52. The lowest BCUT2D eigenvalue weighted by molar-refractivity contribution is 0.0237. The van der Waals surface area contributed by atoms with Gasteiger partial charge in [-0.05, 0) is 18.2 Å². The van der Waals surface area contributed by atoms with Gasteiger partial charge in [-0.1, -0.05) is 6.07 Å². The number of pyridine rings is 1. The molecule has 0 aliphatic carbocycles. The average Bonchev–Trinajstić information content (AvgIpc) is 3.01. The zero-order chi connectivity index (χ0) is 18.1. The van der Waals surface area contributed by atoms with Gasteiger partial charge in [0.2, 0.25) is 5.88 Å². The van der Waals surface area contributed by atoms with Crippen LogP contribution in [0.1, 0.15) is 24.0 Å². The van der Waals surface area contributed by atoms with E-state index in [0.717, 1.165) is 29.3 Å². The van der Waals surface area contributed by atoms with Gasteiger partial charge >= 0.3 is 0 Å². The van der Waals surface area contributed by atoms with Crippen LogP contribution in [0.4, 0.5) is 5.69 Å². The SMILES string of the molecule is Cn1cc2cc(C(=N)c3c(N)ccnc3OC3CCOCC3)ccc2n1. The molecule has 134 valence electrons. The van der Waals surface area contributed by atoms with Crippen molar-refractivity contribution in [3.63, 3.8) is 0 Å². The number of fused-ring (bicyclic) bond motifs is 1. The van der Waals surface area contributed by atoms with Crippen LogP contribution in [0.3, 0.4) is 0 Å². The molecule has 7 heteroatoms. The number of anilines is 1. The highest BCUT2D eigenvalue weighted by molar-refractivity contribution is 6.16. The molecule has 0 spiro atoms. The van der Waals surface area contributed by atoms with Crippen molar-refractivity contribution in [3.8, 4) is 5.88 Å². The smallest absolute Gasteiger partial charge is 0.225 e. The molecule has 0 radical (unpaired) electrons. The van der Waals surface area contributed by atoms with Crippen LogP contribution in [-0.2, 0) is 11.8 Å². The molecule has 1 fully saturated rings. The second kappa shape index (κ2) is 6.76. The van der Waals surface area contributed by atoms with Crippen molar-refractivity contribution in [1.82, 2.24) is 14.8 Å². The molecule has 1 aliphatic rings. The highest BCUT2D eigenvalue weighted by Crippen LogP contribution is 2.28. The summed E-state index contributed by atoms with van der Waals surface area (Å²) in [5.74, 6) is 0.410. The maximum atomic E-state index is 8.70. The van der Waals surface area contributed by atoms with E-state index in [0.29, 0.717) is 36.1 Å². The van der Waals surface area contributed by atoms with Crippen LogP contribution in [0.5, 0.6) is 5.88 Å². The van der Waals surface area contributed by atoms with Crippen LogP contribution < -0.4 is 10.5 Å². The van der Waals surface area contributed by atoms with E-state index in [1.54, 1.807) is 16.9 Å². The molecule has 26 heavy (non-hydrogen) atoms. The average molecular weight is 351 g/mol. The summed E-state index contributed by atoms with van der Waals surface area (Å²) < 4.78 is 13.2. The van der Waals surface area contributed by atoms with Crippen LogP contribution in [0, 0.1) is 5.41 Å². The Kier molecular flexibility index (Phi) is 4.30. The Morgan fingerprint density at radius 1 is 1.31 bits per heavy atom. The molecule has 0 saturated carbocycles. The van der Waals surface area contributed by atoms with Crippen LogP contribution in [0.25, 0.3) is 10.9 Å². The van der Waals surface area contributed by atoms with E-state index < -0.39 is 0 Å². The summed E-state index contributed by atoms with van der Waals surface area (Å²) in [7, 11) is 1.88. The number of hydrogen-bond donors (Lipinski definition) is 2. The molecular formula is C19H21N5O2. The van der Waals surface area contributed by atoms with Crippen LogP contribution in [0.2, 0.25) is 0 Å². The second-order valence-electron chi connectivity index (χ2n) is 6.46. The summed E-state index contributed by atoms with van der Waals surface area (Å²) in [4.78, 5) is 4.35. The van der Waals surface area contributed by atoms with Gasteiger partial charge in [0.25, 0.3) is 0 Å². The summed E-state index contributed by atoms with van der Waals surface area (Å²) in [6.45, 7) is 1.36. The van der Waals surface area contributed by atoms with Crippen molar-refractivity contribution in [1.29, 1.82) is 5.41 Å². The second-order valence-corrected chi connectivity index (χ2v) is 6.46. The van der Waals surface area contributed by atoms with Crippen molar-refractivity contribution in [2.45, 2.75) is 18.9 Å². The fraction of sp³-hybridized carbons (Fsp3) is 0.316. The Hall–Kier alpha value is -2.93. The summed E-state index contributed by atoms with van der Waals surface area (Å²) in [5.41, 5.74) is 9.13. The summed E-state index contributed by atoms with van der Waals surface area (Å²) in [6, 6.07) is 7.42. The third-order valence-corrected chi connectivity index (χ3v) is 4.55. The highest BCUT2D eigenvalue weighted by atomic mass is 16.5. The quantitative estimate of drug-likeness (QED) is 0.704. The van der Waals surface area contributed by atoms with Gasteiger partial charge in [-0.25, -0.2) is 4.98 Å². The van der Waals surface area contributed by atoms with Gasteiger partial charge in [0, 0.05) is 48.9 Å².